The molecule has 0 radical (unpaired) electrons. The zero-order chi connectivity index (χ0) is 15.7. The molecule has 2 heterocycles. The van der Waals surface area contributed by atoms with Crippen LogP contribution in [0.25, 0.3) is 11.3 Å². The molecular weight excluding hydrogens is 278 g/mol. The molecule has 1 aromatic heterocycles. The van der Waals surface area contributed by atoms with E-state index in [0.717, 1.165) is 23.6 Å². The molecule has 22 heavy (non-hydrogen) atoms. The van der Waals surface area contributed by atoms with Crippen molar-refractivity contribution >= 4 is 5.91 Å². The number of amides is 1. The number of carbonyl (C=O) groups is 1. The minimum absolute atomic E-state index is 0.0528. The second kappa shape index (κ2) is 5.57. The maximum Gasteiger partial charge on any atom is 0.240 e. The number of aryl methyl sites for hydroxylation is 1. The summed E-state index contributed by atoms with van der Waals surface area (Å²) in [5.41, 5.74) is 2.55. The molecule has 0 spiro atoms. The van der Waals surface area contributed by atoms with Gasteiger partial charge >= 0.3 is 0 Å². The summed E-state index contributed by atoms with van der Waals surface area (Å²) in [6, 6.07) is 10.1. The lowest BCUT2D eigenvalue weighted by molar-refractivity contribution is -0.135. The SMILES string of the molecule is Cc1ccc(-c2cc(CN3CCNC(=O)C3(C)C)on2)cc1. The van der Waals surface area contributed by atoms with E-state index in [-0.39, 0.29) is 5.91 Å². The molecular formula is C17H21N3O2. The van der Waals surface area contributed by atoms with Crippen LogP contribution in [0.5, 0.6) is 0 Å². The highest BCUT2D eigenvalue weighted by Gasteiger charge is 2.37. The molecule has 1 amide bonds. The van der Waals surface area contributed by atoms with Crippen molar-refractivity contribution in [3.63, 3.8) is 0 Å². The van der Waals surface area contributed by atoms with Gasteiger partial charge in [-0.15, -0.1) is 0 Å². The molecule has 1 fully saturated rings. The summed E-state index contributed by atoms with van der Waals surface area (Å²) in [6.45, 7) is 7.97. The number of hydrogen-bond donors (Lipinski definition) is 1. The second-order valence-corrected chi connectivity index (χ2v) is 6.28. The third-order valence-electron chi connectivity index (χ3n) is 4.27. The largest absolute Gasteiger partial charge is 0.359 e. The highest BCUT2D eigenvalue weighted by Crippen LogP contribution is 2.24. The molecule has 5 nitrogen and oxygen atoms in total. The van der Waals surface area contributed by atoms with Crippen LogP contribution in [0.15, 0.2) is 34.9 Å². The number of nitrogens with zero attached hydrogens (tertiary/aromatic N) is 2. The van der Waals surface area contributed by atoms with E-state index < -0.39 is 5.54 Å². The molecule has 0 aliphatic carbocycles. The van der Waals surface area contributed by atoms with Crippen molar-refractivity contribution in [1.82, 2.24) is 15.4 Å². The lowest BCUT2D eigenvalue weighted by atomic mass is 9.99. The van der Waals surface area contributed by atoms with Crippen molar-refractivity contribution in [2.75, 3.05) is 13.1 Å². The van der Waals surface area contributed by atoms with Crippen LogP contribution < -0.4 is 5.32 Å². The molecule has 0 saturated carbocycles. The Balaban J connectivity index is 1.77. The van der Waals surface area contributed by atoms with Gasteiger partial charge in [0.2, 0.25) is 5.91 Å². The number of carbonyl (C=O) groups excluding carboxylic acids is 1. The highest BCUT2D eigenvalue weighted by atomic mass is 16.5. The third-order valence-corrected chi connectivity index (χ3v) is 4.27. The highest BCUT2D eigenvalue weighted by molar-refractivity contribution is 5.86. The molecule has 1 aliphatic heterocycles. The number of hydrogen-bond acceptors (Lipinski definition) is 4. The first-order valence-electron chi connectivity index (χ1n) is 7.53. The van der Waals surface area contributed by atoms with E-state index in [2.05, 4.69) is 34.4 Å². The lowest BCUT2D eigenvalue weighted by Crippen LogP contribution is -2.61. The van der Waals surface area contributed by atoms with Gasteiger partial charge in [-0.25, -0.2) is 0 Å². The molecule has 1 aromatic carbocycles. The van der Waals surface area contributed by atoms with Crippen LogP contribution in [0.3, 0.4) is 0 Å². The summed E-state index contributed by atoms with van der Waals surface area (Å²) in [7, 11) is 0. The van der Waals surface area contributed by atoms with Crippen LogP contribution in [0.4, 0.5) is 0 Å². The number of aromatic nitrogens is 1. The standard InChI is InChI=1S/C17H21N3O2/c1-12-4-6-13(7-5-12)15-10-14(22-19-15)11-20-9-8-18-16(21)17(20,2)3/h4-7,10H,8-9,11H2,1-3H3,(H,18,21). The Morgan fingerprint density at radius 1 is 1.32 bits per heavy atom. The summed E-state index contributed by atoms with van der Waals surface area (Å²) in [6.07, 6.45) is 0. The van der Waals surface area contributed by atoms with Gasteiger partial charge in [-0.3, -0.25) is 9.69 Å². The Labute approximate surface area is 130 Å². The number of piperazine rings is 1. The van der Waals surface area contributed by atoms with Gasteiger partial charge in [0.15, 0.2) is 5.76 Å². The molecule has 2 aromatic rings. The van der Waals surface area contributed by atoms with Gasteiger partial charge in [-0.1, -0.05) is 35.0 Å². The van der Waals surface area contributed by atoms with Crippen LogP contribution in [0.2, 0.25) is 0 Å². The van der Waals surface area contributed by atoms with Crippen LogP contribution in [-0.4, -0.2) is 34.6 Å². The van der Waals surface area contributed by atoms with Gasteiger partial charge in [0.1, 0.15) is 5.69 Å². The van der Waals surface area contributed by atoms with Crippen LogP contribution >= 0.6 is 0 Å². The van der Waals surface area contributed by atoms with Crippen LogP contribution in [0, 0.1) is 6.92 Å². The Hall–Kier alpha value is -2.14. The first kappa shape index (κ1) is 14.8. The van der Waals surface area contributed by atoms with E-state index in [9.17, 15) is 4.79 Å². The lowest BCUT2D eigenvalue weighted by Gasteiger charge is -2.40. The summed E-state index contributed by atoms with van der Waals surface area (Å²) >= 11 is 0. The van der Waals surface area contributed by atoms with Gasteiger partial charge in [0, 0.05) is 24.7 Å². The Bertz CT molecular complexity index is 673. The molecule has 1 N–H and O–H groups in total. The minimum Gasteiger partial charge on any atom is -0.359 e. The Morgan fingerprint density at radius 3 is 2.77 bits per heavy atom. The van der Waals surface area contributed by atoms with E-state index in [1.54, 1.807) is 0 Å². The topological polar surface area (TPSA) is 58.4 Å². The van der Waals surface area contributed by atoms with Crippen molar-refractivity contribution in [2.45, 2.75) is 32.9 Å². The van der Waals surface area contributed by atoms with Gasteiger partial charge in [0.05, 0.1) is 12.1 Å². The van der Waals surface area contributed by atoms with Gasteiger partial charge < -0.3 is 9.84 Å². The van der Waals surface area contributed by atoms with Gasteiger partial charge in [-0.05, 0) is 20.8 Å². The van der Waals surface area contributed by atoms with E-state index in [1.807, 2.05) is 32.0 Å². The first-order chi connectivity index (χ1) is 10.5. The molecule has 0 bridgehead atoms. The van der Waals surface area contributed by atoms with Crippen molar-refractivity contribution < 1.29 is 9.32 Å². The minimum atomic E-state index is -0.533. The monoisotopic (exact) mass is 299 g/mol. The summed E-state index contributed by atoms with van der Waals surface area (Å²) in [5, 5.41) is 7.04. The van der Waals surface area contributed by atoms with Crippen LogP contribution in [0.1, 0.15) is 25.2 Å². The zero-order valence-corrected chi connectivity index (χ0v) is 13.2. The Morgan fingerprint density at radius 2 is 2.05 bits per heavy atom. The predicted octanol–water partition coefficient (Wildman–Crippen LogP) is 2.36. The molecule has 1 aliphatic rings. The Kier molecular flexibility index (Phi) is 3.74. The number of nitrogens with one attached hydrogen (secondary N) is 1. The normalized spacial score (nSPS) is 18.2. The average molecular weight is 299 g/mol. The summed E-state index contributed by atoms with van der Waals surface area (Å²) < 4.78 is 5.46. The fourth-order valence-electron chi connectivity index (χ4n) is 2.66. The quantitative estimate of drug-likeness (QED) is 0.945. The van der Waals surface area contributed by atoms with Crippen molar-refractivity contribution in [2.24, 2.45) is 0 Å². The average Bonchev–Trinajstić information content (AvgIpc) is 2.94. The second-order valence-electron chi connectivity index (χ2n) is 6.28. The van der Waals surface area contributed by atoms with E-state index in [1.165, 1.54) is 5.56 Å². The zero-order valence-electron chi connectivity index (χ0n) is 13.2. The summed E-state index contributed by atoms with van der Waals surface area (Å²) in [4.78, 5) is 14.1. The number of benzene rings is 1. The van der Waals surface area contributed by atoms with Gasteiger partial charge in [0.25, 0.3) is 0 Å². The van der Waals surface area contributed by atoms with Crippen molar-refractivity contribution in [1.29, 1.82) is 0 Å². The molecule has 3 rings (SSSR count). The molecule has 116 valence electrons. The molecule has 0 unspecified atom stereocenters. The fourth-order valence-corrected chi connectivity index (χ4v) is 2.66. The summed E-state index contributed by atoms with van der Waals surface area (Å²) in [5.74, 6) is 0.829. The third kappa shape index (κ3) is 2.76. The number of rotatable bonds is 3. The van der Waals surface area contributed by atoms with Gasteiger partial charge in [-0.2, -0.15) is 0 Å². The van der Waals surface area contributed by atoms with Crippen LogP contribution in [-0.2, 0) is 11.3 Å². The molecule has 0 atom stereocenters. The molecule has 5 heteroatoms. The van der Waals surface area contributed by atoms with E-state index in [0.29, 0.717) is 13.1 Å². The van der Waals surface area contributed by atoms with E-state index >= 15 is 0 Å². The maximum absolute atomic E-state index is 12.0. The van der Waals surface area contributed by atoms with Crippen molar-refractivity contribution in [3.05, 3.63) is 41.7 Å². The fraction of sp³-hybridized carbons (Fsp3) is 0.412. The van der Waals surface area contributed by atoms with E-state index in [4.69, 9.17) is 4.52 Å². The molecule has 1 saturated heterocycles. The smallest absolute Gasteiger partial charge is 0.240 e. The van der Waals surface area contributed by atoms with Crippen molar-refractivity contribution in [3.8, 4) is 11.3 Å². The maximum atomic E-state index is 12.0. The predicted molar refractivity (Wildman–Crippen MR) is 84.2 cm³/mol. The first-order valence-corrected chi connectivity index (χ1v) is 7.53.